The smallest absolute Gasteiger partial charge is 0.226 e. The van der Waals surface area contributed by atoms with Crippen LogP contribution in [0.1, 0.15) is 17.3 Å². The Morgan fingerprint density at radius 3 is 2.68 bits per heavy atom. The summed E-state index contributed by atoms with van der Waals surface area (Å²) < 4.78 is 5.32. The van der Waals surface area contributed by atoms with Crippen molar-refractivity contribution < 1.29 is 9.53 Å². The predicted molar refractivity (Wildman–Crippen MR) is 114 cm³/mol. The maximum atomic E-state index is 12.5. The topological polar surface area (TPSA) is 54.5 Å². The Kier molecular flexibility index (Phi) is 6.79. The Balaban J connectivity index is 1.60. The molecule has 1 N–H and O–H groups in total. The van der Waals surface area contributed by atoms with Gasteiger partial charge in [0.15, 0.2) is 0 Å². The van der Waals surface area contributed by atoms with Crippen LogP contribution in [0.5, 0.6) is 5.75 Å². The van der Waals surface area contributed by atoms with E-state index in [0.29, 0.717) is 6.54 Å². The lowest BCUT2D eigenvalue weighted by molar-refractivity contribution is -0.120. The molecule has 0 saturated carbocycles. The van der Waals surface area contributed by atoms with Gasteiger partial charge in [-0.3, -0.25) is 4.79 Å². The van der Waals surface area contributed by atoms with Gasteiger partial charge in [0.05, 0.1) is 25.3 Å². The van der Waals surface area contributed by atoms with Gasteiger partial charge in [-0.25, -0.2) is 4.98 Å². The molecule has 5 nitrogen and oxygen atoms in total. The summed E-state index contributed by atoms with van der Waals surface area (Å²) in [7, 11) is 5.66. The summed E-state index contributed by atoms with van der Waals surface area (Å²) >= 11 is 1.56. The van der Waals surface area contributed by atoms with Gasteiger partial charge in [-0.05, 0) is 31.8 Å². The van der Waals surface area contributed by atoms with Crippen molar-refractivity contribution in [2.75, 3.05) is 27.7 Å². The van der Waals surface area contributed by atoms with Crippen LogP contribution < -0.4 is 10.1 Å². The van der Waals surface area contributed by atoms with Gasteiger partial charge in [0.25, 0.3) is 0 Å². The summed E-state index contributed by atoms with van der Waals surface area (Å²) in [6, 6.07) is 18.0. The Labute approximate surface area is 170 Å². The molecular weight excluding hydrogens is 370 g/mol. The van der Waals surface area contributed by atoms with Crippen LogP contribution in [-0.4, -0.2) is 43.5 Å². The van der Waals surface area contributed by atoms with Crippen molar-refractivity contribution in [1.29, 1.82) is 0 Å². The van der Waals surface area contributed by atoms with Crippen molar-refractivity contribution in [3.8, 4) is 16.3 Å². The number of carbonyl (C=O) groups is 1. The van der Waals surface area contributed by atoms with Gasteiger partial charge in [-0.15, -0.1) is 11.3 Å². The fraction of sp³-hybridized carbons (Fsp3) is 0.273. The van der Waals surface area contributed by atoms with E-state index in [9.17, 15) is 4.79 Å². The third-order valence-corrected chi connectivity index (χ3v) is 5.45. The van der Waals surface area contributed by atoms with Crippen molar-refractivity contribution in [2.45, 2.75) is 12.5 Å². The standard InChI is InChI=1S/C22H25N3O2S/c1-25(2)20(17-10-7-11-19(12-17)27-3)14-23-21(26)13-18-15-28-22(24-18)16-8-5-4-6-9-16/h4-12,15,20H,13-14H2,1-3H3,(H,23,26). The number of hydrogen-bond acceptors (Lipinski definition) is 5. The fourth-order valence-corrected chi connectivity index (χ4v) is 3.81. The predicted octanol–water partition coefficient (Wildman–Crippen LogP) is 3.78. The molecule has 0 spiro atoms. The molecule has 3 aromatic rings. The van der Waals surface area contributed by atoms with Crippen LogP contribution in [-0.2, 0) is 11.2 Å². The van der Waals surface area contributed by atoms with E-state index in [4.69, 9.17) is 4.74 Å². The van der Waals surface area contributed by atoms with Gasteiger partial charge in [0.2, 0.25) is 5.91 Å². The van der Waals surface area contributed by atoms with Gasteiger partial charge >= 0.3 is 0 Å². The maximum Gasteiger partial charge on any atom is 0.226 e. The summed E-state index contributed by atoms with van der Waals surface area (Å²) in [6.45, 7) is 0.523. The number of benzene rings is 2. The lowest BCUT2D eigenvalue weighted by Crippen LogP contribution is -2.35. The largest absolute Gasteiger partial charge is 0.497 e. The van der Waals surface area contributed by atoms with Crippen LogP contribution >= 0.6 is 11.3 Å². The third-order valence-electron chi connectivity index (χ3n) is 4.51. The number of methoxy groups -OCH3 is 1. The Bertz CT molecular complexity index is 909. The van der Waals surface area contributed by atoms with Gasteiger partial charge in [-0.1, -0.05) is 42.5 Å². The number of nitrogens with zero attached hydrogens (tertiary/aromatic N) is 2. The molecule has 6 heteroatoms. The second-order valence-electron chi connectivity index (χ2n) is 6.75. The number of likely N-dealkylation sites (N-methyl/N-ethyl adjacent to an activating group) is 1. The molecule has 0 fully saturated rings. The molecule has 0 radical (unpaired) electrons. The minimum absolute atomic E-state index is 0.0281. The van der Waals surface area contributed by atoms with Gasteiger partial charge in [-0.2, -0.15) is 0 Å². The minimum atomic E-state index is -0.0281. The quantitative estimate of drug-likeness (QED) is 0.631. The average Bonchev–Trinajstić information content (AvgIpc) is 3.17. The molecule has 28 heavy (non-hydrogen) atoms. The molecule has 0 bridgehead atoms. The second kappa shape index (κ2) is 9.48. The molecule has 0 aliphatic heterocycles. The molecule has 1 unspecified atom stereocenters. The maximum absolute atomic E-state index is 12.5. The van der Waals surface area contributed by atoms with Crippen LogP contribution in [0.25, 0.3) is 10.6 Å². The van der Waals surface area contributed by atoms with Crippen LogP contribution in [0, 0.1) is 0 Å². The van der Waals surface area contributed by atoms with Crippen LogP contribution in [0.2, 0.25) is 0 Å². The zero-order valence-corrected chi connectivity index (χ0v) is 17.2. The van der Waals surface area contributed by atoms with E-state index in [-0.39, 0.29) is 18.4 Å². The van der Waals surface area contributed by atoms with E-state index in [1.165, 1.54) is 0 Å². The first kappa shape index (κ1) is 20.0. The van der Waals surface area contributed by atoms with E-state index in [1.807, 2.05) is 74.1 Å². The average molecular weight is 396 g/mol. The lowest BCUT2D eigenvalue weighted by Gasteiger charge is -2.25. The van der Waals surface area contributed by atoms with Crippen molar-refractivity contribution >= 4 is 17.2 Å². The Morgan fingerprint density at radius 2 is 1.96 bits per heavy atom. The van der Waals surface area contributed by atoms with E-state index >= 15 is 0 Å². The van der Waals surface area contributed by atoms with E-state index < -0.39 is 0 Å². The van der Waals surface area contributed by atoms with Crippen LogP contribution in [0.4, 0.5) is 0 Å². The highest BCUT2D eigenvalue weighted by atomic mass is 32.1. The molecule has 1 amide bonds. The van der Waals surface area contributed by atoms with Crippen molar-refractivity contribution in [2.24, 2.45) is 0 Å². The summed E-state index contributed by atoms with van der Waals surface area (Å²) in [6.07, 6.45) is 0.279. The molecule has 0 aliphatic rings. The SMILES string of the molecule is COc1cccc(C(CNC(=O)Cc2csc(-c3ccccc3)n2)N(C)C)c1. The number of nitrogens with one attached hydrogen (secondary N) is 1. The lowest BCUT2D eigenvalue weighted by atomic mass is 10.1. The van der Waals surface area contributed by atoms with Crippen molar-refractivity contribution in [1.82, 2.24) is 15.2 Å². The summed E-state index contributed by atoms with van der Waals surface area (Å²) in [4.78, 5) is 19.1. The number of ether oxygens (including phenoxy) is 1. The minimum Gasteiger partial charge on any atom is -0.497 e. The first-order chi connectivity index (χ1) is 13.6. The summed E-state index contributed by atoms with van der Waals surface area (Å²) in [5.74, 6) is 0.784. The zero-order valence-electron chi connectivity index (χ0n) is 16.4. The molecule has 0 saturated heterocycles. The first-order valence-corrected chi connectivity index (χ1v) is 10.0. The highest BCUT2D eigenvalue weighted by Crippen LogP contribution is 2.24. The van der Waals surface area contributed by atoms with Crippen molar-refractivity contribution in [3.63, 3.8) is 0 Å². The zero-order chi connectivity index (χ0) is 19.9. The summed E-state index contributed by atoms with van der Waals surface area (Å²) in [5, 5.41) is 5.93. The molecule has 1 atom stereocenters. The first-order valence-electron chi connectivity index (χ1n) is 9.13. The summed E-state index contributed by atoms with van der Waals surface area (Å²) in [5.41, 5.74) is 2.97. The molecule has 3 rings (SSSR count). The molecule has 146 valence electrons. The number of aromatic nitrogens is 1. The van der Waals surface area contributed by atoms with Crippen molar-refractivity contribution in [3.05, 3.63) is 71.2 Å². The van der Waals surface area contributed by atoms with E-state index in [2.05, 4.69) is 15.2 Å². The third kappa shape index (κ3) is 5.18. The Hall–Kier alpha value is -2.70. The monoisotopic (exact) mass is 395 g/mol. The van der Waals surface area contributed by atoms with E-state index in [0.717, 1.165) is 27.6 Å². The van der Waals surface area contributed by atoms with Crippen LogP contribution in [0.15, 0.2) is 60.0 Å². The molecular formula is C22H25N3O2S. The van der Waals surface area contributed by atoms with Crippen LogP contribution in [0.3, 0.4) is 0 Å². The van der Waals surface area contributed by atoms with Gasteiger partial charge < -0.3 is 15.0 Å². The fourth-order valence-electron chi connectivity index (χ4n) is 2.99. The molecule has 1 aromatic heterocycles. The molecule has 1 heterocycles. The van der Waals surface area contributed by atoms with Gasteiger partial charge in [0, 0.05) is 17.5 Å². The normalized spacial score (nSPS) is 12.0. The molecule has 2 aromatic carbocycles. The number of rotatable bonds is 8. The highest BCUT2D eigenvalue weighted by Gasteiger charge is 2.17. The second-order valence-corrected chi connectivity index (χ2v) is 7.61. The number of thiazole rings is 1. The highest BCUT2D eigenvalue weighted by molar-refractivity contribution is 7.13. The van der Waals surface area contributed by atoms with Gasteiger partial charge in [0.1, 0.15) is 10.8 Å². The number of amides is 1. The Morgan fingerprint density at radius 1 is 1.18 bits per heavy atom. The number of carbonyl (C=O) groups excluding carboxylic acids is 1. The number of hydrogen-bond donors (Lipinski definition) is 1. The van der Waals surface area contributed by atoms with E-state index in [1.54, 1.807) is 18.4 Å². The molecule has 0 aliphatic carbocycles.